The first-order valence-corrected chi connectivity index (χ1v) is 8.96. The van der Waals surface area contributed by atoms with E-state index < -0.39 is 4.92 Å². The summed E-state index contributed by atoms with van der Waals surface area (Å²) in [5.74, 6) is 0.527. The van der Waals surface area contributed by atoms with E-state index in [2.05, 4.69) is 5.10 Å². The predicted octanol–water partition coefficient (Wildman–Crippen LogP) is 4.97. The summed E-state index contributed by atoms with van der Waals surface area (Å²) in [5.41, 5.74) is 2.81. The van der Waals surface area contributed by atoms with Gasteiger partial charge in [0, 0.05) is 6.07 Å². The van der Waals surface area contributed by atoms with Gasteiger partial charge in [-0.1, -0.05) is 24.3 Å². The van der Waals surface area contributed by atoms with E-state index in [1.54, 1.807) is 56.3 Å². The highest BCUT2D eigenvalue weighted by atomic mass is 16.6. The summed E-state index contributed by atoms with van der Waals surface area (Å²) in [5, 5.41) is 17.0. The Hall–Kier alpha value is -4.00. The number of aryl methyl sites for hydroxylation is 1. The Labute approximate surface area is 166 Å². The third-order valence-corrected chi connectivity index (χ3v) is 4.59. The molecule has 1 aliphatic heterocycles. The quantitative estimate of drug-likeness (QED) is 0.359. The fourth-order valence-electron chi connectivity index (χ4n) is 3.15. The Morgan fingerprint density at radius 1 is 1.07 bits per heavy atom. The van der Waals surface area contributed by atoms with Crippen molar-refractivity contribution in [3.8, 4) is 11.3 Å². The predicted molar refractivity (Wildman–Crippen MR) is 111 cm³/mol. The Balaban J connectivity index is 1.66. The van der Waals surface area contributed by atoms with Gasteiger partial charge in [-0.05, 0) is 55.8 Å². The summed E-state index contributed by atoms with van der Waals surface area (Å²) in [4.78, 5) is 23.7. The number of rotatable bonds is 4. The van der Waals surface area contributed by atoms with Gasteiger partial charge in [-0.3, -0.25) is 14.9 Å². The third-order valence-electron chi connectivity index (χ3n) is 4.59. The first kappa shape index (κ1) is 18.4. The molecule has 0 fully saturated rings. The van der Waals surface area contributed by atoms with E-state index in [1.165, 1.54) is 11.1 Å². The number of para-hydroxylation sites is 1. The van der Waals surface area contributed by atoms with Gasteiger partial charge in [-0.25, -0.2) is 0 Å². The van der Waals surface area contributed by atoms with Gasteiger partial charge in [-0.2, -0.15) is 10.1 Å². The Bertz CT molecular complexity index is 1180. The van der Waals surface area contributed by atoms with Crippen molar-refractivity contribution >= 4 is 29.1 Å². The van der Waals surface area contributed by atoms with Crippen LogP contribution in [0.2, 0.25) is 0 Å². The van der Waals surface area contributed by atoms with E-state index in [0.717, 1.165) is 5.56 Å². The number of nitro benzene ring substituents is 1. The molecule has 0 saturated heterocycles. The average Bonchev–Trinajstić information content (AvgIpc) is 3.28. The van der Waals surface area contributed by atoms with Crippen LogP contribution in [0.4, 0.5) is 11.4 Å². The molecule has 0 aliphatic carbocycles. The van der Waals surface area contributed by atoms with Gasteiger partial charge in [-0.15, -0.1) is 0 Å². The lowest BCUT2D eigenvalue weighted by Crippen LogP contribution is -2.21. The van der Waals surface area contributed by atoms with Crippen molar-refractivity contribution in [1.29, 1.82) is 0 Å². The van der Waals surface area contributed by atoms with Crippen LogP contribution in [-0.4, -0.2) is 16.5 Å². The maximum absolute atomic E-state index is 12.8. The number of amides is 1. The first-order chi connectivity index (χ1) is 13.9. The van der Waals surface area contributed by atoms with Crippen molar-refractivity contribution in [1.82, 2.24) is 0 Å². The minimum atomic E-state index is -0.433. The number of hydrazone groups is 1. The molecule has 0 bridgehead atoms. The normalized spacial score (nSPS) is 15.1. The average molecular weight is 387 g/mol. The molecule has 2 aromatic carbocycles. The van der Waals surface area contributed by atoms with Crippen LogP contribution in [0.1, 0.15) is 18.2 Å². The van der Waals surface area contributed by atoms with E-state index in [-0.39, 0.29) is 11.6 Å². The summed E-state index contributed by atoms with van der Waals surface area (Å²) in [7, 11) is 0. The van der Waals surface area contributed by atoms with Gasteiger partial charge in [0.25, 0.3) is 11.6 Å². The molecule has 4 rings (SSSR count). The number of carbonyl (C=O) groups is 1. The van der Waals surface area contributed by atoms with E-state index >= 15 is 0 Å². The topological polar surface area (TPSA) is 89.0 Å². The molecule has 2 heterocycles. The number of hydrogen-bond donors (Lipinski definition) is 0. The zero-order valence-corrected chi connectivity index (χ0v) is 15.8. The van der Waals surface area contributed by atoms with Crippen LogP contribution in [0, 0.1) is 17.0 Å². The van der Waals surface area contributed by atoms with Gasteiger partial charge in [0.2, 0.25) is 0 Å². The largest absolute Gasteiger partial charge is 0.456 e. The number of benzene rings is 2. The van der Waals surface area contributed by atoms with E-state index in [4.69, 9.17) is 4.42 Å². The molecule has 0 atom stereocenters. The van der Waals surface area contributed by atoms with Crippen LogP contribution in [0.15, 0.2) is 75.8 Å². The van der Waals surface area contributed by atoms with Gasteiger partial charge >= 0.3 is 0 Å². The van der Waals surface area contributed by atoms with Crippen LogP contribution in [0.5, 0.6) is 0 Å². The number of furan rings is 1. The zero-order chi connectivity index (χ0) is 20.5. The van der Waals surface area contributed by atoms with Crippen molar-refractivity contribution in [3.63, 3.8) is 0 Å². The molecule has 0 radical (unpaired) electrons. The first-order valence-electron chi connectivity index (χ1n) is 8.96. The highest BCUT2D eigenvalue weighted by molar-refractivity contribution is 6.32. The Kier molecular flexibility index (Phi) is 4.56. The van der Waals surface area contributed by atoms with Crippen LogP contribution < -0.4 is 5.01 Å². The smallest absolute Gasteiger partial charge is 0.280 e. The van der Waals surface area contributed by atoms with Crippen LogP contribution in [0.25, 0.3) is 17.4 Å². The SMILES string of the molecule is CC1=NN(c2ccccc2)C(=O)/C1=C/c1ccc(-c2ccc(C)cc2[N+](=O)[O-])o1. The Morgan fingerprint density at radius 2 is 1.83 bits per heavy atom. The molecule has 29 heavy (non-hydrogen) atoms. The van der Waals surface area contributed by atoms with E-state index in [1.807, 2.05) is 18.2 Å². The van der Waals surface area contributed by atoms with Crippen LogP contribution >= 0.6 is 0 Å². The standard InChI is InChI=1S/C22H17N3O4/c1-14-8-10-18(20(12-14)25(27)28)21-11-9-17(29-21)13-19-15(2)23-24(22(19)26)16-6-4-3-5-7-16/h3-13H,1-2H3/b19-13+. The van der Waals surface area contributed by atoms with Gasteiger partial charge in [0.15, 0.2) is 0 Å². The molecule has 3 aromatic rings. The molecular formula is C22H17N3O4. The molecule has 0 N–H and O–H groups in total. The van der Waals surface area contributed by atoms with Crippen molar-refractivity contribution in [3.05, 3.63) is 87.7 Å². The third kappa shape index (κ3) is 3.45. The number of anilines is 1. The molecule has 1 aliphatic rings. The minimum Gasteiger partial charge on any atom is -0.456 e. The highest BCUT2D eigenvalue weighted by Gasteiger charge is 2.29. The molecular weight excluding hydrogens is 370 g/mol. The molecule has 0 unspecified atom stereocenters. The maximum Gasteiger partial charge on any atom is 0.280 e. The number of carbonyl (C=O) groups excluding carboxylic acids is 1. The number of nitrogens with zero attached hydrogens (tertiary/aromatic N) is 3. The van der Waals surface area contributed by atoms with Gasteiger partial charge in [0.05, 0.1) is 27.5 Å². The molecule has 7 nitrogen and oxygen atoms in total. The van der Waals surface area contributed by atoms with Crippen molar-refractivity contribution < 1.29 is 14.1 Å². The fraction of sp³-hybridized carbons (Fsp3) is 0.0909. The second-order valence-corrected chi connectivity index (χ2v) is 6.68. The summed E-state index contributed by atoms with van der Waals surface area (Å²) >= 11 is 0. The molecule has 1 aromatic heterocycles. The van der Waals surface area contributed by atoms with Crippen molar-refractivity contribution in [2.45, 2.75) is 13.8 Å². The number of hydrogen-bond acceptors (Lipinski definition) is 5. The maximum atomic E-state index is 12.8. The van der Waals surface area contributed by atoms with Gasteiger partial charge < -0.3 is 4.42 Å². The van der Waals surface area contributed by atoms with Crippen molar-refractivity contribution in [2.24, 2.45) is 5.10 Å². The van der Waals surface area contributed by atoms with Crippen LogP contribution in [0.3, 0.4) is 0 Å². The Morgan fingerprint density at radius 3 is 2.55 bits per heavy atom. The summed E-state index contributed by atoms with van der Waals surface area (Å²) < 4.78 is 5.79. The fourth-order valence-corrected chi connectivity index (χ4v) is 3.15. The number of nitro groups is 1. The minimum absolute atomic E-state index is 0.0245. The molecule has 7 heteroatoms. The molecule has 1 amide bonds. The second kappa shape index (κ2) is 7.20. The van der Waals surface area contributed by atoms with E-state index in [0.29, 0.717) is 34.1 Å². The van der Waals surface area contributed by atoms with E-state index in [9.17, 15) is 14.9 Å². The molecule has 0 saturated carbocycles. The molecule has 0 spiro atoms. The lowest BCUT2D eigenvalue weighted by Gasteiger charge is -2.10. The highest BCUT2D eigenvalue weighted by Crippen LogP contribution is 2.33. The zero-order valence-electron chi connectivity index (χ0n) is 15.8. The lowest BCUT2D eigenvalue weighted by atomic mass is 10.1. The second-order valence-electron chi connectivity index (χ2n) is 6.68. The summed E-state index contributed by atoms with van der Waals surface area (Å²) in [6.45, 7) is 3.54. The van der Waals surface area contributed by atoms with Crippen molar-refractivity contribution in [2.75, 3.05) is 5.01 Å². The molecule has 144 valence electrons. The van der Waals surface area contributed by atoms with Gasteiger partial charge in [0.1, 0.15) is 11.5 Å². The van der Waals surface area contributed by atoms with Crippen LogP contribution in [-0.2, 0) is 4.79 Å². The summed E-state index contributed by atoms with van der Waals surface area (Å²) in [6.07, 6.45) is 1.60. The monoisotopic (exact) mass is 387 g/mol. The summed E-state index contributed by atoms with van der Waals surface area (Å²) in [6, 6.07) is 17.4. The lowest BCUT2D eigenvalue weighted by molar-refractivity contribution is -0.384.